The number of aryl methyl sites for hydroxylation is 5. The molecule has 0 unspecified atom stereocenters. The van der Waals surface area contributed by atoms with Crippen LogP contribution >= 0.6 is 0 Å². The normalized spacial score (nSPS) is 12.0. The zero-order valence-corrected chi connectivity index (χ0v) is 20.1. The predicted octanol–water partition coefficient (Wildman–Crippen LogP) is 2.38. The average molecular weight is 437 g/mol. The number of aromatic nitrogens is 5. The van der Waals surface area contributed by atoms with Crippen LogP contribution in [0.2, 0.25) is 0 Å². The van der Waals surface area contributed by atoms with Gasteiger partial charge in [0.15, 0.2) is 11.2 Å². The van der Waals surface area contributed by atoms with Gasteiger partial charge in [-0.3, -0.25) is 18.3 Å². The quantitative estimate of drug-likeness (QED) is 0.465. The fraction of sp³-hybridized carbons (Fsp3) is 0.458. The van der Waals surface area contributed by atoms with Gasteiger partial charge in [-0.25, -0.2) is 4.79 Å². The molecule has 8 nitrogen and oxygen atoms in total. The summed E-state index contributed by atoms with van der Waals surface area (Å²) in [7, 11) is 5.80. The van der Waals surface area contributed by atoms with Gasteiger partial charge in [-0.05, 0) is 65.9 Å². The first kappa shape index (κ1) is 22.1. The van der Waals surface area contributed by atoms with E-state index < -0.39 is 0 Å². The Morgan fingerprint density at radius 1 is 1.00 bits per heavy atom. The standard InChI is InChI=1S/C24H32N6O2/c1-15-9-10-16(2)19(13-15)14-29-22(31)20-21(27(7)24(29)32)25-23-28(12-8-11-26(5)6)17(3)18(4)30(20)23/h9-10,13H,8,11-12,14H2,1-7H3. The number of rotatable bonds is 6. The lowest BCUT2D eigenvalue weighted by atomic mass is 10.1. The van der Waals surface area contributed by atoms with E-state index in [-0.39, 0.29) is 17.8 Å². The van der Waals surface area contributed by atoms with E-state index in [1.165, 1.54) is 9.13 Å². The average Bonchev–Trinajstić information content (AvgIpc) is 3.23. The van der Waals surface area contributed by atoms with Crippen molar-refractivity contribution in [1.29, 1.82) is 0 Å². The maximum absolute atomic E-state index is 13.6. The molecular weight excluding hydrogens is 404 g/mol. The highest BCUT2D eigenvalue weighted by Crippen LogP contribution is 2.21. The van der Waals surface area contributed by atoms with Crippen LogP contribution in [-0.4, -0.2) is 48.6 Å². The summed E-state index contributed by atoms with van der Waals surface area (Å²) in [5.74, 6) is 0.713. The SMILES string of the molecule is Cc1ccc(C)c(Cn2c(=O)c3c(nc4n(CCCN(C)C)c(C)c(C)n34)n(C)c2=O)c1. The van der Waals surface area contributed by atoms with Crippen molar-refractivity contribution >= 4 is 16.9 Å². The molecule has 0 atom stereocenters. The molecule has 0 aliphatic heterocycles. The van der Waals surface area contributed by atoms with Gasteiger partial charge in [-0.2, -0.15) is 4.98 Å². The van der Waals surface area contributed by atoms with Crippen LogP contribution in [-0.2, 0) is 20.1 Å². The van der Waals surface area contributed by atoms with Gasteiger partial charge in [-0.1, -0.05) is 23.8 Å². The molecule has 0 bridgehead atoms. The molecule has 0 fully saturated rings. The summed E-state index contributed by atoms with van der Waals surface area (Å²) in [6.07, 6.45) is 0.969. The van der Waals surface area contributed by atoms with Crippen LogP contribution in [0, 0.1) is 27.7 Å². The zero-order valence-electron chi connectivity index (χ0n) is 20.1. The zero-order chi connectivity index (χ0) is 23.3. The number of fused-ring (bicyclic) bond motifs is 3. The van der Waals surface area contributed by atoms with Crippen molar-refractivity contribution in [2.24, 2.45) is 7.05 Å². The smallest absolute Gasteiger partial charge is 0.314 e. The Morgan fingerprint density at radius 3 is 2.41 bits per heavy atom. The molecule has 0 aliphatic carbocycles. The van der Waals surface area contributed by atoms with Gasteiger partial charge in [-0.15, -0.1) is 0 Å². The molecule has 0 saturated carbocycles. The van der Waals surface area contributed by atoms with Crippen LogP contribution in [0.5, 0.6) is 0 Å². The van der Waals surface area contributed by atoms with E-state index in [0.29, 0.717) is 16.9 Å². The van der Waals surface area contributed by atoms with Gasteiger partial charge in [0.25, 0.3) is 5.56 Å². The van der Waals surface area contributed by atoms with Gasteiger partial charge >= 0.3 is 5.69 Å². The largest absolute Gasteiger partial charge is 0.332 e. The maximum atomic E-state index is 13.6. The second kappa shape index (κ2) is 8.09. The summed E-state index contributed by atoms with van der Waals surface area (Å²) in [5, 5.41) is 0. The van der Waals surface area contributed by atoms with Crippen LogP contribution in [0.4, 0.5) is 0 Å². The van der Waals surface area contributed by atoms with Crippen molar-refractivity contribution < 1.29 is 0 Å². The third kappa shape index (κ3) is 3.48. The summed E-state index contributed by atoms with van der Waals surface area (Å²) in [5.41, 5.74) is 5.42. The summed E-state index contributed by atoms with van der Waals surface area (Å²) in [6, 6.07) is 6.10. The lowest BCUT2D eigenvalue weighted by Crippen LogP contribution is -2.39. The number of nitrogens with zero attached hydrogens (tertiary/aromatic N) is 6. The van der Waals surface area contributed by atoms with Gasteiger partial charge in [0, 0.05) is 25.0 Å². The lowest BCUT2D eigenvalue weighted by Gasteiger charge is -2.11. The molecule has 32 heavy (non-hydrogen) atoms. The Labute approximate surface area is 187 Å². The number of hydrogen-bond donors (Lipinski definition) is 0. The van der Waals surface area contributed by atoms with Gasteiger partial charge in [0.1, 0.15) is 0 Å². The Balaban J connectivity index is 1.94. The van der Waals surface area contributed by atoms with Crippen LogP contribution in [0.25, 0.3) is 16.9 Å². The fourth-order valence-electron chi connectivity index (χ4n) is 4.41. The second-order valence-corrected chi connectivity index (χ2v) is 9.06. The Kier molecular flexibility index (Phi) is 5.58. The van der Waals surface area contributed by atoms with Crippen molar-refractivity contribution in [3.63, 3.8) is 0 Å². The van der Waals surface area contributed by atoms with Crippen LogP contribution in [0.15, 0.2) is 27.8 Å². The first-order valence-corrected chi connectivity index (χ1v) is 11.0. The second-order valence-electron chi connectivity index (χ2n) is 9.06. The molecule has 0 aliphatic rings. The van der Waals surface area contributed by atoms with Crippen molar-refractivity contribution in [2.45, 2.75) is 47.2 Å². The van der Waals surface area contributed by atoms with E-state index in [0.717, 1.165) is 47.6 Å². The van der Waals surface area contributed by atoms with Crippen LogP contribution in [0.3, 0.4) is 0 Å². The number of benzene rings is 1. The van der Waals surface area contributed by atoms with E-state index in [1.54, 1.807) is 7.05 Å². The minimum atomic E-state index is -0.349. The highest BCUT2D eigenvalue weighted by atomic mass is 16.2. The van der Waals surface area contributed by atoms with Crippen molar-refractivity contribution in [2.75, 3.05) is 20.6 Å². The van der Waals surface area contributed by atoms with Crippen LogP contribution < -0.4 is 11.2 Å². The Hall–Kier alpha value is -3.13. The Bertz CT molecular complexity index is 1450. The molecule has 170 valence electrons. The summed E-state index contributed by atoms with van der Waals surface area (Å²) in [4.78, 5) is 33.7. The Morgan fingerprint density at radius 2 is 1.72 bits per heavy atom. The summed E-state index contributed by atoms with van der Waals surface area (Å²) >= 11 is 0. The molecule has 3 heterocycles. The molecule has 0 saturated heterocycles. The third-order valence-corrected chi connectivity index (χ3v) is 6.45. The van der Waals surface area contributed by atoms with E-state index in [1.807, 2.05) is 43.4 Å². The lowest BCUT2D eigenvalue weighted by molar-refractivity contribution is 0.386. The minimum Gasteiger partial charge on any atom is -0.314 e. The van der Waals surface area contributed by atoms with Crippen molar-refractivity contribution in [3.8, 4) is 0 Å². The molecule has 0 spiro atoms. The predicted molar refractivity (Wildman–Crippen MR) is 128 cm³/mol. The van der Waals surface area contributed by atoms with Gasteiger partial charge < -0.3 is 9.47 Å². The third-order valence-electron chi connectivity index (χ3n) is 6.45. The monoisotopic (exact) mass is 436 g/mol. The van der Waals surface area contributed by atoms with Crippen LogP contribution in [0.1, 0.15) is 34.5 Å². The maximum Gasteiger partial charge on any atom is 0.332 e. The van der Waals surface area contributed by atoms with E-state index in [2.05, 4.69) is 30.5 Å². The first-order valence-electron chi connectivity index (χ1n) is 11.0. The molecule has 0 radical (unpaired) electrons. The van der Waals surface area contributed by atoms with E-state index >= 15 is 0 Å². The van der Waals surface area contributed by atoms with Gasteiger partial charge in [0.2, 0.25) is 5.78 Å². The fourth-order valence-corrected chi connectivity index (χ4v) is 4.41. The summed E-state index contributed by atoms with van der Waals surface area (Å²) < 4.78 is 6.89. The van der Waals surface area contributed by atoms with Gasteiger partial charge in [0.05, 0.1) is 6.54 Å². The van der Waals surface area contributed by atoms with E-state index in [4.69, 9.17) is 4.98 Å². The number of imidazole rings is 2. The number of hydrogen-bond acceptors (Lipinski definition) is 4. The highest BCUT2D eigenvalue weighted by Gasteiger charge is 2.22. The van der Waals surface area contributed by atoms with Crippen molar-refractivity contribution in [1.82, 2.24) is 28.0 Å². The van der Waals surface area contributed by atoms with E-state index in [9.17, 15) is 9.59 Å². The molecule has 4 aromatic rings. The highest BCUT2D eigenvalue weighted by molar-refractivity contribution is 5.76. The minimum absolute atomic E-state index is 0.240. The molecular formula is C24H32N6O2. The summed E-state index contributed by atoms with van der Waals surface area (Å²) in [6.45, 7) is 10.1. The van der Waals surface area contributed by atoms with Crippen molar-refractivity contribution in [3.05, 3.63) is 67.1 Å². The first-order chi connectivity index (χ1) is 15.1. The molecule has 8 heteroatoms. The molecule has 3 aromatic heterocycles. The molecule has 0 amide bonds. The molecule has 1 aromatic carbocycles. The molecule has 0 N–H and O–H groups in total. The topological polar surface area (TPSA) is 69.5 Å². The molecule has 4 rings (SSSR count).